The van der Waals surface area contributed by atoms with E-state index in [2.05, 4.69) is 4.90 Å². The maximum absolute atomic E-state index is 10.7. The zero-order valence-electron chi connectivity index (χ0n) is 14.4. The van der Waals surface area contributed by atoms with Gasteiger partial charge in [0.1, 0.15) is 0 Å². The normalized spacial score (nSPS) is 17.3. The van der Waals surface area contributed by atoms with Gasteiger partial charge in [0.2, 0.25) is 0 Å². The van der Waals surface area contributed by atoms with Crippen molar-refractivity contribution in [3.63, 3.8) is 0 Å². The van der Waals surface area contributed by atoms with E-state index < -0.39 is 5.97 Å². The molecular weight excluding hydrogens is 429 g/mol. The third kappa shape index (κ3) is 6.28. The van der Waals surface area contributed by atoms with E-state index in [-0.39, 0.29) is 24.9 Å². The lowest BCUT2D eigenvalue weighted by atomic mass is 10.1. The molecule has 4 nitrogen and oxygen atoms in total. The van der Waals surface area contributed by atoms with Crippen molar-refractivity contribution in [1.29, 1.82) is 0 Å². The highest BCUT2D eigenvalue weighted by Crippen LogP contribution is 2.37. The first kappa shape index (κ1) is 22.3. The van der Waals surface area contributed by atoms with Crippen molar-refractivity contribution < 1.29 is 14.6 Å². The van der Waals surface area contributed by atoms with E-state index in [1.54, 1.807) is 17.8 Å². The fraction of sp³-hybridized carbons (Fsp3) is 0.316. The molecule has 1 fully saturated rings. The second kappa shape index (κ2) is 10.6. The van der Waals surface area contributed by atoms with Crippen molar-refractivity contribution in [2.24, 2.45) is 0 Å². The molecule has 0 saturated carbocycles. The molecule has 2 aromatic rings. The monoisotopic (exact) mass is 447 g/mol. The number of morpholine rings is 1. The molecule has 1 heterocycles. The number of carbonyl (C=O) groups is 1. The molecule has 0 aromatic heterocycles. The molecule has 146 valence electrons. The number of hydrogen-bond acceptors (Lipinski definition) is 4. The molecule has 1 unspecified atom stereocenters. The second-order valence-corrected chi connectivity index (χ2v) is 7.93. The average Bonchev–Trinajstić information content (AvgIpc) is 2.65. The average molecular weight is 449 g/mol. The van der Waals surface area contributed by atoms with Crippen LogP contribution in [-0.2, 0) is 9.53 Å². The van der Waals surface area contributed by atoms with Crippen LogP contribution in [0.3, 0.4) is 0 Å². The molecule has 27 heavy (non-hydrogen) atoms. The van der Waals surface area contributed by atoms with Crippen LogP contribution in [0.1, 0.15) is 18.1 Å². The minimum atomic E-state index is -0.769. The van der Waals surface area contributed by atoms with Crippen molar-refractivity contribution in [2.75, 3.05) is 26.2 Å². The Hall–Kier alpha value is -0.950. The summed E-state index contributed by atoms with van der Waals surface area (Å²) in [5.41, 5.74) is 1.09. The van der Waals surface area contributed by atoms with Crippen molar-refractivity contribution in [3.8, 4) is 0 Å². The Balaban J connectivity index is 0.00000261. The van der Waals surface area contributed by atoms with E-state index in [0.717, 1.165) is 21.9 Å². The van der Waals surface area contributed by atoms with Crippen molar-refractivity contribution in [1.82, 2.24) is 4.90 Å². The van der Waals surface area contributed by atoms with Crippen LogP contribution in [-0.4, -0.2) is 42.2 Å². The summed E-state index contributed by atoms with van der Waals surface area (Å²) in [6, 6.07) is 13.8. The zero-order chi connectivity index (χ0) is 18.5. The fourth-order valence-electron chi connectivity index (χ4n) is 2.80. The summed E-state index contributed by atoms with van der Waals surface area (Å²) in [6.45, 7) is 2.64. The number of halogens is 3. The number of ether oxygens (including phenoxy) is 1. The first-order valence-electron chi connectivity index (χ1n) is 8.30. The maximum atomic E-state index is 10.7. The van der Waals surface area contributed by atoms with Gasteiger partial charge in [-0.1, -0.05) is 53.2 Å². The summed E-state index contributed by atoms with van der Waals surface area (Å²) in [5, 5.41) is 9.95. The van der Waals surface area contributed by atoms with Crippen molar-refractivity contribution in [3.05, 3.63) is 58.1 Å². The SMILES string of the molecule is Cl.O=C(O)CCN1CCOC(c2ccc(Sc3cccc(Cl)c3Cl)cc2)C1. The van der Waals surface area contributed by atoms with Gasteiger partial charge in [0, 0.05) is 29.4 Å². The van der Waals surface area contributed by atoms with Gasteiger partial charge in [-0.3, -0.25) is 9.69 Å². The molecule has 0 bridgehead atoms. The summed E-state index contributed by atoms with van der Waals surface area (Å²) in [4.78, 5) is 14.9. The van der Waals surface area contributed by atoms with Gasteiger partial charge in [-0.25, -0.2) is 0 Å². The van der Waals surface area contributed by atoms with Gasteiger partial charge in [0.25, 0.3) is 0 Å². The Morgan fingerprint density at radius 1 is 1.22 bits per heavy atom. The van der Waals surface area contributed by atoms with Crippen LogP contribution in [0.5, 0.6) is 0 Å². The fourth-order valence-corrected chi connectivity index (χ4v) is 4.15. The lowest BCUT2D eigenvalue weighted by Gasteiger charge is -2.32. The van der Waals surface area contributed by atoms with Crippen LogP contribution in [0.15, 0.2) is 52.3 Å². The number of aliphatic carboxylic acids is 1. The van der Waals surface area contributed by atoms with Crippen LogP contribution in [0.4, 0.5) is 0 Å². The third-order valence-corrected chi connectivity index (χ3v) is 6.19. The maximum Gasteiger partial charge on any atom is 0.304 e. The van der Waals surface area contributed by atoms with Gasteiger partial charge in [-0.2, -0.15) is 0 Å². The van der Waals surface area contributed by atoms with Crippen molar-refractivity contribution >= 4 is 53.3 Å². The second-order valence-electron chi connectivity index (χ2n) is 6.03. The minimum absolute atomic E-state index is 0. The van der Waals surface area contributed by atoms with Crippen LogP contribution >= 0.6 is 47.4 Å². The summed E-state index contributed by atoms with van der Waals surface area (Å²) in [6.07, 6.45) is 0.120. The van der Waals surface area contributed by atoms with E-state index in [1.807, 2.05) is 36.4 Å². The summed E-state index contributed by atoms with van der Waals surface area (Å²) >= 11 is 13.9. The lowest BCUT2D eigenvalue weighted by molar-refractivity contribution is -0.137. The molecule has 2 aromatic carbocycles. The molecule has 0 aliphatic carbocycles. The Morgan fingerprint density at radius 3 is 2.67 bits per heavy atom. The molecule has 1 aliphatic heterocycles. The van der Waals surface area contributed by atoms with Crippen LogP contribution < -0.4 is 0 Å². The largest absolute Gasteiger partial charge is 0.481 e. The van der Waals surface area contributed by atoms with Crippen LogP contribution in [0, 0.1) is 0 Å². The molecule has 1 atom stereocenters. The van der Waals surface area contributed by atoms with Crippen LogP contribution in [0.2, 0.25) is 10.0 Å². The van der Waals surface area contributed by atoms with E-state index in [9.17, 15) is 4.79 Å². The number of rotatable bonds is 6. The molecular formula is C19H20Cl3NO3S. The van der Waals surface area contributed by atoms with Gasteiger partial charge >= 0.3 is 5.97 Å². The van der Waals surface area contributed by atoms with E-state index >= 15 is 0 Å². The van der Waals surface area contributed by atoms with Gasteiger partial charge < -0.3 is 9.84 Å². The highest BCUT2D eigenvalue weighted by Gasteiger charge is 2.22. The highest BCUT2D eigenvalue weighted by molar-refractivity contribution is 7.99. The number of nitrogens with zero attached hydrogens (tertiary/aromatic N) is 1. The minimum Gasteiger partial charge on any atom is -0.481 e. The molecule has 1 aliphatic rings. The smallest absolute Gasteiger partial charge is 0.304 e. The Morgan fingerprint density at radius 2 is 1.96 bits per heavy atom. The van der Waals surface area contributed by atoms with Crippen molar-refractivity contribution in [2.45, 2.75) is 22.3 Å². The van der Waals surface area contributed by atoms with E-state index in [0.29, 0.717) is 29.7 Å². The quantitative estimate of drug-likeness (QED) is 0.640. The Labute approximate surface area is 179 Å². The molecule has 1 N–H and O–H groups in total. The van der Waals surface area contributed by atoms with Gasteiger partial charge in [-0.05, 0) is 29.8 Å². The zero-order valence-corrected chi connectivity index (χ0v) is 17.6. The molecule has 0 amide bonds. The lowest BCUT2D eigenvalue weighted by Crippen LogP contribution is -2.39. The number of hydrogen-bond donors (Lipinski definition) is 1. The summed E-state index contributed by atoms with van der Waals surface area (Å²) in [5.74, 6) is -0.769. The summed E-state index contributed by atoms with van der Waals surface area (Å²) < 4.78 is 5.86. The Kier molecular flexibility index (Phi) is 8.73. The predicted octanol–water partition coefficient (Wildman–Crippen LogP) is 5.41. The first-order chi connectivity index (χ1) is 12.5. The third-order valence-electron chi connectivity index (χ3n) is 4.19. The molecule has 1 saturated heterocycles. The standard InChI is InChI=1S/C19H19Cl2NO3S.ClH/c20-15-2-1-3-17(19(15)21)26-14-6-4-13(5-7-14)16-12-22(10-11-25-16)9-8-18(23)24;/h1-7,16H,8-12H2,(H,23,24);1H. The number of carboxylic acid groups (broad SMARTS) is 1. The van der Waals surface area contributed by atoms with Gasteiger partial charge in [0.15, 0.2) is 0 Å². The number of benzene rings is 2. The first-order valence-corrected chi connectivity index (χ1v) is 9.88. The molecule has 0 radical (unpaired) electrons. The molecule has 8 heteroatoms. The van der Waals surface area contributed by atoms with Gasteiger partial charge in [-0.15, -0.1) is 12.4 Å². The van der Waals surface area contributed by atoms with E-state index in [1.165, 1.54) is 0 Å². The molecule has 0 spiro atoms. The van der Waals surface area contributed by atoms with E-state index in [4.69, 9.17) is 33.0 Å². The highest BCUT2D eigenvalue weighted by atomic mass is 35.5. The summed E-state index contributed by atoms with van der Waals surface area (Å²) in [7, 11) is 0. The number of carboxylic acids is 1. The Bertz CT molecular complexity index is 773. The molecule has 3 rings (SSSR count). The van der Waals surface area contributed by atoms with Gasteiger partial charge in [0.05, 0.1) is 29.2 Å². The predicted molar refractivity (Wildman–Crippen MR) is 112 cm³/mol. The topological polar surface area (TPSA) is 49.8 Å². The van der Waals surface area contributed by atoms with Crippen LogP contribution in [0.25, 0.3) is 0 Å².